The lowest BCUT2D eigenvalue weighted by Crippen LogP contribution is -2.27. The van der Waals surface area contributed by atoms with Gasteiger partial charge in [0.25, 0.3) is 0 Å². The van der Waals surface area contributed by atoms with Crippen LogP contribution in [0, 0.1) is 17.7 Å². The summed E-state index contributed by atoms with van der Waals surface area (Å²) >= 11 is 0. The molecule has 21 heavy (non-hydrogen) atoms. The maximum absolute atomic E-state index is 13.6. The van der Waals surface area contributed by atoms with Crippen LogP contribution in [0.1, 0.15) is 36.7 Å². The number of halogens is 4. The zero-order chi connectivity index (χ0) is 15.9. The second-order valence-corrected chi connectivity index (χ2v) is 5.49. The molecule has 2 nitrogen and oxygen atoms in total. The van der Waals surface area contributed by atoms with E-state index in [1.165, 1.54) is 0 Å². The second-order valence-electron chi connectivity index (χ2n) is 5.49. The van der Waals surface area contributed by atoms with Gasteiger partial charge in [0.15, 0.2) is 5.78 Å². The van der Waals surface area contributed by atoms with Gasteiger partial charge in [-0.15, -0.1) is 0 Å². The second kappa shape index (κ2) is 5.40. The van der Waals surface area contributed by atoms with Crippen molar-refractivity contribution in [3.05, 3.63) is 35.1 Å². The molecule has 4 unspecified atom stereocenters. The topological polar surface area (TPSA) is 26.3 Å². The van der Waals surface area contributed by atoms with Crippen LogP contribution in [0.3, 0.4) is 0 Å². The summed E-state index contributed by atoms with van der Waals surface area (Å²) in [6, 6.07) is 2.29. The highest BCUT2D eigenvalue weighted by Crippen LogP contribution is 2.36. The maximum atomic E-state index is 13.6. The Bertz CT molecular complexity index is 553. The Labute approximate surface area is 120 Å². The molecule has 0 N–H and O–H groups in total. The van der Waals surface area contributed by atoms with Crippen LogP contribution in [-0.4, -0.2) is 18.0 Å². The van der Waals surface area contributed by atoms with E-state index in [0.717, 1.165) is 6.07 Å². The molecule has 0 aromatic heterocycles. The predicted molar refractivity (Wildman–Crippen MR) is 68.4 cm³/mol. The van der Waals surface area contributed by atoms with Gasteiger partial charge in [-0.3, -0.25) is 4.79 Å². The van der Waals surface area contributed by atoms with E-state index in [0.29, 0.717) is 12.1 Å². The first kappa shape index (κ1) is 15.9. The van der Waals surface area contributed by atoms with Gasteiger partial charge in [0.2, 0.25) is 0 Å². The Morgan fingerprint density at radius 1 is 1.14 bits per heavy atom. The normalized spacial score (nSPS) is 29.7. The maximum Gasteiger partial charge on any atom is 0.419 e. The molecule has 2 rings (SSSR count). The molecule has 0 bridgehead atoms. The van der Waals surface area contributed by atoms with Gasteiger partial charge in [-0.2, -0.15) is 13.2 Å². The number of carbonyl (C=O) groups is 1. The van der Waals surface area contributed by atoms with Crippen LogP contribution in [0.5, 0.6) is 0 Å². The van der Waals surface area contributed by atoms with Crippen molar-refractivity contribution in [1.82, 2.24) is 0 Å². The lowest BCUT2D eigenvalue weighted by Gasteiger charge is -2.17. The fourth-order valence-corrected chi connectivity index (χ4v) is 2.81. The number of ether oxygens (including phenoxy) is 1. The summed E-state index contributed by atoms with van der Waals surface area (Å²) in [7, 11) is 0. The van der Waals surface area contributed by atoms with E-state index in [1.54, 1.807) is 6.92 Å². The summed E-state index contributed by atoms with van der Waals surface area (Å²) in [4.78, 5) is 12.4. The molecule has 1 fully saturated rings. The quantitative estimate of drug-likeness (QED) is 0.608. The van der Waals surface area contributed by atoms with Crippen molar-refractivity contribution in [3.8, 4) is 0 Å². The van der Waals surface area contributed by atoms with Gasteiger partial charge in [-0.1, -0.05) is 13.0 Å². The molecule has 0 spiro atoms. The molecule has 0 saturated carbocycles. The minimum absolute atomic E-state index is 0.0538. The molecule has 0 aliphatic carbocycles. The third kappa shape index (κ3) is 2.95. The van der Waals surface area contributed by atoms with Crippen LogP contribution in [0.25, 0.3) is 0 Å². The van der Waals surface area contributed by atoms with E-state index in [1.807, 2.05) is 13.8 Å². The van der Waals surface area contributed by atoms with E-state index in [4.69, 9.17) is 4.74 Å². The van der Waals surface area contributed by atoms with Crippen LogP contribution in [0.2, 0.25) is 0 Å². The lowest BCUT2D eigenvalue weighted by atomic mass is 9.83. The van der Waals surface area contributed by atoms with Gasteiger partial charge in [-0.05, 0) is 31.9 Å². The molecule has 1 aromatic carbocycles. The van der Waals surface area contributed by atoms with Gasteiger partial charge in [0.1, 0.15) is 5.82 Å². The van der Waals surface area contributed by atoms with Gasteiger partial charge >= 0.3 is 6.18 Å². The Hall–Kier alpha value is -1.43. The molecule has 0 amide bonds. The molecule has 1 saturated heterocycles. The zero-order valence-corrected chi connectivity index (χ0v) is 11.9. The first-order valence-corrected chi connectivity index (χ1v) is 6.69. The predicted octanol–water partition coefficient (Wildman–Crippen LogP) is 4.09. The van der Waals surface area contributed by atoms with Gasteiger partial charge in [-0.25, -0.2) is 4.39 Å². The molecule has 1 aliphatic heterocycles. The number of Topliss-reactive ketones (excluding diaryl/α,β-unsaturated/α-hetero) is 1. The number of hydrogen-bond donors (Lipinski definition) is 0. The van der Waals surface area contributed by atoms with Crippen molar-refractivity contribution in [2.24, 2.45) is 11.8 Å². The number of benzene rings is 1. The van der Waals surface area contributed by atoms with Crippen molar-refractivity contribution >= 4 is 5.78 Å². The zero-order valence-electron chi connectivity index (χ0n) is 11.9. The molecule has 1 heterocycles. The standard InChI is InChI=1S/C15H16F4O2/c1-7-8(2)21-9(3)13(7)14(20)10-4-5-11(12(16)6-10)15(17,18)19/h4-9,13H,1-3H3. The van der Waals surface area contributed by atoms with Crippen molar-refractivity contribution < 1.29 is 27.1 Å². The summed E-state index contributed by atoms with van der Waals surface area (Å²) < 4.78 is 56.6. The minimum Gasteiger partial charge on any atom is -0.374 e. The minimum atomic E-state index is -4.77. The monoisotopic (exact) mass is 304 g/mol. The van der Waals surface area contributed by atoms with Crippen LogP contribution < -0.4 is 0 Å². The average Bonchev–Trinajstić information content (AvgIpc) is 2.61. The average molecular weight is 304 g/mol. The number of carbonyl (C=O) groups excluding carboxylic acids is 1. The Morgan fingerprint density at radius 3 is 2.19 bits per heavy atom. The Balaban J connectivity index is 2.31. The van der Waals surface area contributed by atoms with E-state index >= 15 is 0 Å². The van der Waals surface area contributed by atoms with E-state index < -0.39 is 23.5 Å². The van der Waals surface area contributed by atoms with Gasteiger partial charge in [0, 0.05) is 5.56 Å². The van der Waals surface area contributed by atoms with E-state index in [9.17, 15) is 22.4 Å². The van der Waals surface area contributed by atoms with Crippen molar-refractivity contribution in [2.45, 2.75) is 39.2 Å². The molecular formula is C15H16F4O2. The lowest BCUT2D eigenvalue weighted by molar-refractivity contribution is -0.140. The largest absolute Gasteiger partial charge is 0.419 e. The van der Waals surface area contributed by atoms with Crippen LogP contribution in [-0.2, 0) is 10.9 Å². The number of alkyl halides is 3. The van der Waals surface area contributed by atoms with Crippen molar-refractivity contribution in [1.29, 1.82) is 0 Å². The molecular weight excluding hydrogens is 288 g/mol. The molecule has 6 heteroatoms. The van der Waals surface area contributed by atoms with Crippen LogP contribution in [0.15, 0.2) is 18.2 Å². The van der Waals surface area contributed by atoms with E-state index in [-0.39, 0.29) is 29.5 Å². The highest BCUT2D eigenvalue weighted by Gasteiger charge is 2.42. The van der Waals surface area contributed by atoms with Crippen molar-refractivity contribution in [3.63, 3.8) is 0 Å². The molecule has 1 aromatic rings. The highest BCUT2D eigenvalue weighted by atomic mass is 19.4. The third-order valence-corrected chi connectivity index (χ3v) is 4.10. The van der Waals surface area contributed by atoms with Gasteiger partial charge in [0.05, 0.1) is 23.7 Å². The Morgan fingerprint density at radius 2 is 1.76 bits per heavy atom. The first-order chi connectivity index (χ1) is 9.62. The van der Waals surface area contributed by atoms with Gasteiger partial charge < -0.3 is 4.74 Å². The SMILES string of the molecule is CC1OC(C)C(C(=O)c2ccc(C(F)(F)F)c(F)c2)C1C. The van der Waals surface area contributed by atoms with E-state index in [2.05, 4.69) is 0 Å². The summed E-state index contributed by atoms with van der Waals surface area (Å²) in [5, 5.41) is 0. The van der Waals surface area contributed by atoms with Crippen LogP contribution >= 0.6 is 0 Å². The fourth-order valence-electron chi connectivity index (χ4n) is 2.81. The summed E-state index contributed by atoms with van der Waals surface area (Å²) in [6.45, 7) is 5.42. The summed E-state index contributed by atoms with van der Waals surface area (Å²) in [5.41, 5.74) is -1.42. The number of rotatable bonds is 2. The fraction of sp³-hybridized carbons (Fsp3) is 0.533. The number of hydrogen-bond acceptors (Lipinski definition) is 2. The highest BCUT2D eigenvalue weighted by molar-refractivity contribution is 5.98. The summed E-state index contributed by atoms with van der Waals surface area (Å²) in [6.07, 6.45) is -5.22. The molecule has 4 atom stereocenters. The molecule has 116 valence electrons. The first-order valence-electron chi connectivity index (χ1n) is 6.69. The molecule has 0 radical (unpaired) electrons. The molecule has 1 aliphatic rings. The third-order valence-electron chi connectivity index (χ3n) is 4.10. The Kier molecular flexibility index (Phi) is 4.10. The summed E-state index contributed by atoms with van der Waals surface area (Å²) in [5.74, 6) is -2.36. The van der Waals surface area contributed by atoms with Crippen LogP contribution in [0.4, 0.5) is 17.6 Å². The van der Waals surface area contributed by atoms with Crippen molar-refractivity contribution in [2.75, 3.05) is 0 Å². The smallest absolute Gasteiger partial charge is 0.374 e. The number of ketones is 1.